The Morgan fingerprint density at radius 1 is 1.14 bits per heavy atom. The third-order valence-electron chi connectivity index (χ3n) is 5.60. The Bertz CT molecular complexity index is 845. The van der Waals surface area contributed by atoms with E-state index in [1.807, 2.05) is 18.2 Å². The average molecular weight is 400 g/mol. The van der Waals surface area contributed by atoms with Crippen LogP contribution in [0.25, 0.3) is 11.3 Å². The van der Waals surface area contributed by atoms with E-state index in [1.54, 1.807) is 6.07 Å². The zero-order valence-electron chi connectivity index (χ0n) is 17.0. The van der Waals surface area contributed by atoms with Crippen molar-refractivity contribution in [2.24, 2.45) is 0 Å². The molecule has 0 unspecified atom stereocenters. The Hall–Kier alpha value is -2.58. The number of nitrogens with one attached hydrogen (secondary N) is 1. The van der Waals surface area contributed by atoms with Gasteiger partial charge in [-0.1, -0.05) is 12.1 Å². The summed E-state index contributed by atoms with van der Waals surface area (Å²) in [6.45, 7) is 11.3. The van der Waals surface area contributed by atoms with Crippen LogP contribution in [0.1, 0.15) is 24.3 Å². The van der Waals surface area contributed by atoms with Gasteiger partial charge in [-0.2, -0.15) is 0 Å². The van der Waals surface area contributed by atoms with Crippen molar-refractivity contribution in [1.82, 2.24) is 20.3 Å². The van der Waals surface area contributed by atoms with Crippen LogP contribution in [0, 0.1) is 0 Å². The van der Waals surface area contributed by atoms with Gasteiger partial charge in [-0.15, -0.1) is 0 Å². The third-order valence-corrected chi connectivity index (χ3v) is 5.60. The van der Waals surface area contributed by atoms with E-state index in [4.69, 9.17) is 14.0 Å². The van der Waals surface area contributed by atoms with E-state index in [0.29, 0.717) is 37.0 Å². The van der Waals surface area contributed by atoms with Crippen LogP contribution in [0.4, 0.5) is 0 Å². The maximum atomic E-state index is 12.5. The van der Waals surface area contributed by atoms with Crippen LogP contribution in [-0.4, -0.2) is 79.4 Å². The molecule has 1 aromatic carbocycles. The Morgan fingerprint density at radius 2 is 1.90 bits per heavy atom. The number of carbonyl (C=O) groups excluding carboxylic acids is 1. The number of carbonyl (C=O) groups is 1. The summed E-state index contributed by atoms with van der Waals surface area (Å²) >= 11 is 0. The number of fused-ring (bicyclic) bond motifs is 1. The van der Waals surface area contributed by atoms with E-state index in [2.05, 4.69) is 34.1 Å². The quantitative estimate of drug-likeness (QED) is 0.793. The molecule has 4 rings (SSSR count). The lowest BCUT2D eigenvalue weighted by molar-refractivity contribution is 0.0876. The van der Waals surface area contributed by atoms with E-state index in [0.717, 1.165) is 38.3 Å². The number of likely N-dealkylation sites (N-methyl/N-ethyl adjacent to an activating group) is 1. The molecule has 1 aromatic heterocycles. The number of hydrogen-bond acceptors (Lipinski definition) is 7. The summed E-state index contributed by atoms with van der Waals surface area (Å²) in [5, 5.41) is 6.91. The second-order valence-electron chi connectivity index (χ2n) is 7.46. The summed E-state index contributed by atoms with van der Waals surface area (Å²) in [4.78, 5) is 17.4. The molecule has 2 aromatic rings. The molecule has 0 bridgehead atoms. The van der Waals surface area contributed by atoms with Gasteiger partial charge >= 0.3 is 0 Å². The molecule has 1 N–H and O–H groups in total. The highest BCUT2D eigenvalue weighted by Crippen LogP contribution is 2.34. The topological polar surface area (TPSA) is 80.1 Å². The molecule has 8 nitrogen and oxygen atoms in total. The molecule has 8 heteroatoms. The highest BCUT2D eigenvalue weighted by atomic mass is 16.6. The van der Waals surface area contributed by atoms with Gasteiger partial charge in [-0.25, -0.2) is 0 Å². The number of piperazine rings is 1. The molecular weight excluding hydrogens is 372 g/mol. The molecule has 1 saturated heterocycles. The summed E-state index contributed by atoms with van der Waals surface area (Å²) < 4.78 is 16.5. The molecule has 0 radical (unpaired) electrons. The van der Waals surface area contributed by atoms with Crippen LogP contribution in [0.5, 0.6) is 11.5 Å². The molecule has 0 aliphatic carbocycles. The van der Waals surface area contributed by atoms with Crippen LogP contribution in [0.3, 0.4) is 0 Å². The third kappa shape index (κ3) is 4.54. The standard InChI is InChI=1S/C21H28N4O4/c1-3-24-6-8-25(9-7-24)15(2)14-22-21(26)17-13-19(29-23-17)16-4-5-18-20(12-16)28-11-10-27-18/h4-5,12-13,15H,3,6-11,14H2,1-2H3,(H,22,26)/t15-/m1/s1. The van der Waals surface area contributed by atoms with Crippen LogP contribution in [0.15, 0.2) is 28.8 Å². The molecule has 2 aliphatic heterocycles. The fourth-order valence-corrected chi connectivity index (χ4v) is 3.70. The van der Waals surface area contributed by atoms with Crippen molar-refractivity contribution in [3.63, 3.8) is 0 Å². The van der Waals surface area contributed by atoms with Crippen molar-refractivity contribution in [1.29, 1.82) is 0 Å². The van der Waals surface area contributed by atoms with Gasteiger partial charge in [0.25, 0.3) is 5.91 Å². The number of ether oxygens (including phenoxy) is 2. The Morgan fingerprint density at radius 3 is 2.66 bits per heavy atom. The second-order valence-corrected chi connectivity index (χ2v) is 7.46. The zero-order valence-corrected chi connectivity index (χ0v) is 17.0. The van der Waals surface area contributed by atoms with Gasteiger partial charge in [-0.3, -0.25) is 9.69 Å². The SMILES string of the molecule is CCN1CCN([C@H](C)CNC(=O)c2cc(-c3ccc4c(c3)OCCO4)on2)CC1. The van der Waals surface area contributed by atoms with Crippen molar-refractivity contribution in [2.75, 3.05) is 52.5 Å². The fourth-order valence-electron chi connectivity index (χ4n) is 3.70. The molecule has 0 spiro atoms. The lowest BCUT2D eigenvalue weighted by Gasteiger charge is -2.37. The average Bonchev–Trinajstić information content (AvgIpc) is 3.27. The van der Waals surface area contributed by atoms with Gasteiger partial charge in [0, 0.05) is 50.4 Å². The summed E-state index contributed by atoms with van der Waals surface area (Å²) in [5.74, 6) is 1.69. The van der Waals surface area contributed by atoms with Gasteiger partial charge in [0.15, 0.2) is 23.0 Å². The summed E-state index contributed by atoms with van der Waals surface area (Å²) in [7, 11) is 0. The minimum absolute atomic E-state index is 0.225. The van der Waals surface area contributed by atoms with E-state index in [9.17, 15) is 4.79 Å². The van der Waals surface area contributed by atoms with Gasteiger partial charge in [0.1, 0.15) is 13.2 Å². The number of nitrogens with zero attached hydrogens (tertiary/aromatic N) is 3. The predicted molar refractivity (Wildman–Crippen MR) is 108 cm³/mol. The highest BCUT2D eigenvalue weighted by Gasteiger charge is 2.22. The zero-order chi connectivity index (χ0) is 20.2. The van der Waals surface area contributed by atoms with Crippen molar-refractivity contribution < 1.29 is 18.8 Å². The van der Waals surface area contributed by atoms with Gasteiger partial charge in [-0.05, 0) is 31.7 Å². The van der Waals surface area contributed by atoms with Crippen molar-refractivity contribution in [2.45, 2.75) is 19.9 Å². The number of hydrogen-bond donors (Lipinski definition) is 1. The monoisotopic (exact) mass is 400 g/mol. The van der Waals surface area contributed by atoms with Crippen LogP contribution >= 0.6 is 0 Å². The number of amides is 1. The van der Waals surface area contributed by atoms with E-state index in [1.165, 1.54) is 0 Å². The molecule has 156 valence electrons. The second kappa shape index (κ2) is 8.84. The first-order valence-corrected chi connectivity index (χ1v) is 10.3. The minimum Gasteiger partial charge on any atom is -0.486 e. The molecule has 3 heterocycles. The normalized spacial score (nSPS) is 18.4. The van der Waals surface area contributed by atoms with Gasteiger partial charge in [0.2, 0.25) is 0 Å². The van der Waals surface area contributed by atoms with Crippen LogP contribution < -0.4 is 14.8 Å². The molecule has 0 saturated carbocycles. The minimum atomic E-state index is -0.225. The molecule has 29 heavy (non-hydrogen) atoms. The highest BCUT2D eigenvalue weighted by molar-refractivity contribution is 5.93. The molecule has 2 aliphatic rings. The maximum Gasteiger partial charge on any atom is 0.273 e. The van der Waals surface area contributed by atoms with Crippen LogP contribution in [0.2, 0.25) is 0 Å². The molecular formula is C21H28N4O4. The fraction of sp³-hybridized carbons (Fsp3) is 0.524. The van der Waals surface area contributed by atoms with E-state index < -0.39 is 0 Å². The molecule has 1 fully saturated rings. The Kier molecular flexibility index (Phi) is 6.01. The van der Waals surface area contributed by atoms with E-state index in [-0.39, 0.29) is 17.6 Å². The summed E-state index contributed by atoms with van der Waals surface area (Å²) in [6, 6.07) is 7.49. The molecule has 1 amide bonds. The van der Waals surface area contributed by atoms with Crippen molar-refractivity contribution >= 4 is 5.91 Å². The number of benzene rings is 1. The van der Waals surface area contributed by atoms with Crippen molar-refractivity contribution in [3.8, 4) is 22.8 Å². The van der Waals surface area contributed by atoms with E-state index >= 15 is 0 Å². The smallest absolute Gasteiger partial charge is 0.273 e. The Labute approximate surface area is 170 Å². The number of aromatic nitrogens is 1. The first kappa shape index (κ1) is 19.7. The maximum absolute atomic E-state index is 12.5. The summed E-state index contributed by atoms with van der Waals surface area (Å²) in [6.07, 6.45) is 0. The van der Waals surface area contributed by atoms with Gasteiger partial charge < -0.3 is 24.2 Å². The lowest BCUT2D eigenvalue weighted by atomic mass is 10.1. The predicted octanol–water partition coefficient (Wildman–Crippen LogP) is 1.87. The lowest BCUT2D eigenvalue weighted by Crippen LogP contribution is -2.52. The summed E-state index contributed by atoms with van der Waals surface area (Å²) in [5.41, 5.74) is 1.07. The largest absolute Gasteiger partial charge is 0.486 e. The first-order chi connectivity index (χ1) is 14.1. The molecule has 1 atom stereocenters. The van der Waals surface area contributed by atoms with Crippen molar-refractivity contribution in [3.05, 3.63) is 30.0 Å². The number of rotatable bonds is 6. The first-order valence-electron chi connectivity index (χ1n) is 10.3. The Balaban J connectivity index is 1.33. The van der Waals surface area contributed by atoms with Gasteiger partial charge in [0.05, 0.1) is 0 Å². The van der Waals surface area contributed by atoms with Crippen LogP contribution in [-0.2, 0) is 0 Å².